The zero-order chi connectivity index (χ0) is 11.4. The summed E-state index contributed by atoms with van der Waals surface area (Å²) in [7, 11) is 0. The zero-order valence-electron chi connectivity index (χ0n) is 9.75. The predicted molar refractivity (Wildman–Crippen MR) is 67.1 cm³/mol. The van der Waals surface area contributed by atoms with Gasteiger partial charge in [-0.1, -0.05) is 51.0 Å². The summed E-state index contributed by atoms with van der Waals surface area (Å²) < 4.78 is 0. The normalized spacial score (nSPS) is 12.2. The Hall–Kier alpha value is -1.48. The minimum atomic E-state index is 0.315. The average Bonchev–Trinajstić information content (AvgIpc) is 2.26. The van der Waals surface area contributed by atoms with Crippen LogP contribution in [0.1, 0.15) is 49.3 Å². The van der Waals surface area contributed by atoms with Crippen molar-refractivity contribution in [2.45, 2.75) is 32.6 Å². The van der Waals surface area contributed by atoms with Crippen LogP contribution in [0.4, 0.5) is 0 Å². The van der Waals surface area contributed by atoms with E-state index >= 15 is 0 Å². The highest BCUT2D eigenvalue weighted by Gasteiger charge is 2.11. The SMILES string of the molecule is C#Cc1c(C(C)C)cccc1C(C)C=C. The molecule has 1 aromatic carbocycles. The van der Waals surface area contributed by atoms with Gasteiger partial charge >= 0.3 is 0 Å². The lowest BCUT2D eigenvalue weighted by molar-refractivity contribution is 0.851. The van der Waals surface area contributed by atoms with Crippen molar-refractivity contribution in [2.75, 3.05) is 0 Å². The van der Waals surface area contributed by atoms with Crippen molar-refractivity contribution in [1.82, 2.24) is 0 Å². The maximum absolute atomic E-state index is 5.60. The average molecular weight is 198 g/mol. The monoisotopic (exact) mass is 198 g/mol. The molecule has 1 rings (SSSR count). The summed E-state index contributed by atoms with van der Waals surface area (Å²) in [5.41, 5.74) is 3.50. The van der Waals surface area contributed by atoms with Crippen molar-refractivity contribution in [3.63, 3.8) is 0 Å². The molecule has 15 heavy (non-hydrogen) atoms. The van der Waals surface area contributed by atoms with Crippen LogP contribution in [0.3, 0.4) is 0 Å². The number of allylic oxidation sites excluding steroid dienone is 1. The molecule has 0 aromatic heterocycles. The van der Waals surface area contributed by atoms with E-state index in [2.05, 4.69) is 51.5 Å². The number of hydrogen-bond donors (Lipinski definition) is 0. The number of terminal acetylenes is 1. The van der Waals surface area contributed by atoms with E-state index in [4.69, 9.17) is 6.42 Å². The summed E-state index contributed by atoms with van der Waals surface area (Å²) in [4.78, 5) is 0. The lowest BCUT2D eigenvalue weighted by Gasteiger charge is -2.15. The zero-order valence-corrected chi connectivity index (χ0v) is 9.75. The van der Waals surface area contributed by atoms with Crippen LogP contribution in [0.5, 0.6) is 0 Å². The Balaban J connectivity index is 3.36. The molecule has 1 aromatic rings. The Labute approximate surface area is 93.0 Å². The van der Waals surface area contributed by atoms with Gasteiger partial charge in [-0.2, -0.15) is 0 Å². The summed E-state index contributed by atoms with van der Waals surface area (Å²) in [5, 5.41) is 0. The molecule has 0 nitrogen and oxygen atoms in total. The van der Waals surface area contributed by atoms with Crippen LogP contribution in [-0.2, 0) is 0 Å². The Kier molecular flexibility index (Phi) is 3.74. The second kappa shape index (κ2) is 4.84. The Morgan fingerprint density at radius 2 is 1.87 bits per heavy atom. The fourth-order valence-electron chi connectivity index (χ4n) is 1.74. The van der Waals surface area contributed by atoms with Gasteiger partial charge in [0.2, 0.25) is 0 Å². The van der Waals surface area contributed by atoms with Crippen LogP contribution in [0.25, 0.3) is 0 Å². The number of hydrogen-bond acceptors (Lipinski definition) is 0. The molecule has 0 aliphatic heterocycles. The third kappa shape index (κ3) is 2.30. The minimum absolute atomic E-state index is 0.315. The second-order valence-electron chi connectivity index (χ2n) is 4.13. The van der Waals surface area contributed by atoms with E-state index in [9.17, 15) is 0 Å². The topological polar surface area (TPSA) is 0 Å². The van der Waals surface area contributed by atoms with E-state index in [1.54, 1.807) is 0 Å². The maximum atomic E-state index is 5.60. The molecule has 1 atom stereocenters. The highest BCUT2D eigenvalue weighted by molar-refractivity contribution is 5.49. The molecule has 0 spiro atoms. The van der Waals surface area contributed by atoms with Gasteiger partial charge in [0, 0.05) is 5.56 Å². The molecule has 0 amide bonds. The molecule has 1 unspecified atom stereocenters. The van der Waals surface area contributed by atoms with Crippen LogP contribution in [0.2, 0.25) is 0 Å². The Bertz CT molecular complexity index is 391. The third-order valence-corrected chi connectivity index (χ3v) is 2.74. The molecule has 0 radical (unpaired) electrons. The lowest BCUT2D eigenvalue weighted by atomic mass is 9.88. The van der Waals surface area contributed by atoms with Gasteiger partial charge in [-0.3, -0.25) is 0 Å². The third-order valence-electron chi connectivity index (χ3n) is 2.74. The number of rotatable bonds is 3. The molecule has 0 N–H and O–H groups in total. The molecule has 0 heterocycles. The molecule has 0 aliphatic carbocycles. The van der Waals surface area contributed by atoms with Gasteiger partial charge in [-0.05, 0) is 23.0 Å². The lowest BCUT2D eigenvalue weighted by Crippen LogP contribution is -2.00. The van der Waals surface area contributed by atoms with Crippen molar-refractivity contribution in [3.8, 4) is 12.3 Å². The fraction of sp³-hybridized carbons (Fsp3) is 0.333. The fourth-order valence-corrected chi connectivity index (χ4v) is 1.74. The quantitative estimate of drug-likeness (QED) is 0.507. The van der Waals surface area contributed by atoms with Crippen molar-refractivity contribution < 1.29 is 0 Å². The van der Waals surface area contributed by atoms with Gasteiger partial charge < -0.3 is 0 Å². The summed E-state index contributed by atoms with van der Waals surface area (Å²) in [6.45, 7) is 10.3. The van der Waals surface area contributed by atoms with Gasteiger partial charge in [0.1, 0.15) is 0 Å². The smallest absolute Gasteiger partial charge is 0.0315 e. The maximum Gasteiger partial charge on any atom is 0.0315 e. The molecular formula is C15H18. The highest BCUT2D eigenvalue weighted by atomic mass is 14.1. The van der Waals surface area contributed by atoms with Gasteiger partial charge in [-0.25, -0.2) is 0 Å². The summed E-state index contributed by atoms with van der Waals surface area (Å²) in [6, 6.07) is 6.28. The molecule has 0 saturated carbocycles. The Morgan fingerprint density at radius 3 is 2.33 bits per heavy atom. The van der Waals surface area contributed by atoms with E-state index in [-0.39, 0.29) is 0 Å². The highest BCUT2D eigenvalue weighted by Crippen LogP contribution is 2.27. The number of benzene rings is 1. The van der Waals surface area contributed by atoms with Crippen LogP contribution < -0.4 is 0 Å². The standard InChI is InChI=1S/C15H18/c1-6-12(5)15-10-8-9-14(11(3)4)13(15)7-2/h2,6,8-12H,1H2,3-5H3. The predicted octanol–water partition coefficient (Wildman–Crippen LogP) is 4.08. The van der Waals surface area contributed by atoms with Crippen molar-refractivity contribution in [1.29, 1.82) is 0 Å². The Morgan fingerprint density at radius 1 is 1.27 bits per heavy atom. The molecule has 78 valence electrons. The van der Waals surface area contributed by atoms with Crippen LogP contribution in [0.15, 0.2) is 30.9 Å². The molecule has 0 heteroatoms. The molecule has 0 bridgehead atoms. The first kappa shape index (κ1) is 11.6. The van der Waals surface area contributed by atoms with Crippen molar-refractivity contribution in [3.05, 3.63) is 47.5 Å². The van der Waals surface area contributed by atoms with Crippen LogP contribution in [-0.4, -0.2) is 0 Å². The first-order valence-corrected chi connectivity index (χ1v) is 5.33. The van der Waals surface area contributed by atoms with Crippen LogP contribution >= 0.6 is 0 Å². The van der Waals surface area contributed by atoms with Crippen molar-refractivity contribution in [2.24, 2.45) is 0 Å². The molecule has 0 aliphatic rings. The van der Waals surface area contributed by atoms with Crippen molar-refractivity contribution >= 4 is 0 Å². The van der Waals surface area contributed by atoms with E-state index in [0.29, 0.717) is 11.8 Å². The van der Waals surface area contributed by atoms with E-state index in [1.807, 2.05) is 6.08 Å². The summed E-state index contributed by atoms with van der Waals surface area (Å²) in [5.74, 6) is 3.59. The van der Waals surface area contributed by atoms with E-state index < -0.39 is 0 Å². The first-order valence-electron chi connectivity index (χ1n) is 5.33. The molecule has 0 saturated heterocycles. The largest absolute Gasteiger partial charge is 0.115 e. The summed E-state index contributed by atoms with van der Waals surface area (Å²) in [6.07, 6.45) is 7.53. The van der Waals surface area contributed by atoms with Gasteiger partial charge in [0.25, 0.3) is 0 Å². The van der Waals surface area contributed by atoms with Gasteiger partial charge in [0.15, 0.2) is 0 Å². The first-order chi connectivity index (χ1) is 7.11. The van der Waals surface area contributed by atoms with E-state index in [0.717, 1.165) is 5.56 Å². The van der Waals surface area contributed by atoms with Gasteiger partial charge in [-0.15, -0.1) is 13.0 Å². The minimum Gasteiger partial charge on any atom is -0.115 e. The van der Waals surface area contributed by atoms with Crippen LogP contribution in [0, 0.1) is 12.3 Å². The summed E-state index contributed by atoms with van der Waals surface area (Å²) >= 11 is 0. The second-order valence-corrected chi connectivity index (χ2v) is 4.13. The molecular weight excluding hydrogens is 180 g/mol. The van der Waals surface area contributed by atoms with Gasteiger partial charge in [0.05, 0.1) is 0 Å². The molecule has 0 fully saturated rings. The van der Waals surface area contributed by atoms with E-state index in [1.165, 1.54) is 11.1 Å².